The molecule has 6 heterocycles. The van der Waals surface area contributed by atoms with Crippen LogP contribution >= 0.6 is 11.3 Å². The molecule has 0 radical (unpaired) electrons. The number of thiophene rings is 1. The van der Waals surface area contributed by atoms with E-state index in [2.05, 4.69) is 32.8 Å². The molecule has 3 saturated heterocycles. The molecule has 0 aromatic carbocycles. The molecule has 0 saturated carbocycles. The van der Waals surface area contributed by atoms with Crippen LogP contribution in [-0.4, -0.2) is 45.5 Å². The average molecular weight is 366 g/mol. The van der Waals surface area contributed by atoms with Crippen LogP contribution in [-0.2, 0) is 0 Å². The van der Waals surface area contributed by atoms with E-state index in [0.29, 0.717) is 17.7 Å². The second-order valence-electron chi connectivity index (χ2n) is 7.40. The highest BCUT2D eigenvalue weighted by Crippen LogP contribution is 2.32. The predicted octanol–water partition coefficient (Wildman–Crippen LogP) is 3.30. The van der Waals surface area contributed by atoms with E-state index in [0.717, 1.165) is 15.1 Å². The van der Waals surface area contributed by atoms with Crippen LogP contribution < -0.4 is 5.32 Å². The van der Waals surface area contributed by atoms with E-state index < -0.39 is 0 Å². The molecule has 5 nitrogen and oxygen atoms in total. The van der Waals surface area contributed by atoms with Crippen molar-refractivity contribution in [1.82, 2.24) is 19.8 Å². The summed E-state index contributed by atoms with van der Waals surface area (Å²) in [5.41, 5.74) is 0.516. The number of rotatable bonds is 3. The molecule has 3 aliphatic rings. The second kappa shape index (κ2) is 6.21. The van der Waals surface area contributed by atoms with Crippen molar-refractivity contribution < 1.29 is 4.79 Å². The molecular weight excluding hydrogens is 344 g/mol. The van der Waals surface area contributed by atoms with Crippen LogP contribution in [0.4, 0.5) is 0 Å². The molecule has 0 spiro atoms. The monoisotopic (exact) mass is 366 g/mol. The van der Waals surface area contributed by atoms with E-state index in [9.17, 15) is 4.79 Å². The maximum atomic E-state index is 12.8. The molecular formula is C20H22N4OS. The van der Waals surface area contributed by atoms with Crippen LogP contribution in [0, 0.1) is 5.92 Å². The van der Waals surface area contributed by atoms with Crippen LogP contribution in [0.25, 0.3) is 15.1 Å². The number of amides is 1. The third-order valence-electron chi connectivity index (χ3n) is 5.96. The molecule has 1 N–H and O–H groups in total. The van der Waals surface area contributed by atoms with E-state index in [1.165, 1.54) is 25.9 Å². The molecule has 6 rings (SSSR count). The number of nitrogens with zero attached hydrogens (tertiary/aromatic N) is 3. The predicted molar refractivity (Wildman–Crippen MR) is 104 cm³/mol. The topological polar surface area (TPSA) is 50.2 Å². The fraction of sp³-hybridized carbons (Fsp3) is 0.400. The van der Waals surface area contributed by atoms with Crippen LogP contribution in [0.1, 0.15) is 30.3 Å². The highest BCUT2D eigenvalue weighted by Gasteiger charge is 2.40. The van der Waals surface area contributed by atoms with Gasteiger partial charge in [0.2, 0.25) is 0 Å². The summed E-state index contributed by atoms with van der Waals surface area (Å²) in [5.74, 6) is 0.554. The summed E-state index contributed by atoms with van der Waals surface area (Å²) < 4.78 is 3.18. The number of fused-ring (bicyclic) bond motifs is 4. The van der Waals surface area contributed by atoms with Gasteiger partial charge in [0.05, 0.1) is 0 Å². The number of hydrogen-bond acceptors (Lipinski definition) is 4. The molecule has 26 heavy (non-hydrogen) atoms. The highest BCUT2D eigenvalue weighted by molar-refractivity contribution is 7.21. The Kier molecular flexibility index (Phi) is 3.83. The summed E-state index contributed by atoms with van der Waals surface area (Å²) in [6.07, 6.45) is 8.24. The van der Waals surface area contributed by atoms with Gasteiger partial charge in [-0.15, -0.1) is 11.3 Å². The minimum absolute atomic E-state index is 0.0478. The molecule has 0 unspecified atom stereocenters. The Balaban J connectivity index is 1.39. The van der Waals surface area contributed by atoms with Gasteiger partial charge in [0.15, 0.2) is 0 Å². The number of hydrogen-bond donors (Lipinski definition) is 1. The zero-order valence-electron chi connectivity index (χ0n) is 14.8. The minimum atomic E-state index is -0.0478. The largest absolute Gasteiger partial charge is 0.346 e. The standard InChI is InChI=1S/C20H22N4OS/c1-13-19(14-4-8-23(13)9-5-14)22-20(25)16-11-17-15(12-21-16)10-18(26-17)24-6-2-3-7-24/h2-3,6-7,10-14,19H,4-5,8-9H2,1H3,(H,22,25)/t13-,19-/m0/s1. The first-order chi connectivity index (χ1) is 12.7. The van der Waals surface area contributed by atoms with E-state index in [4.69, 9.17) is 0 Å². The van der Waals surface area contributed by atoms with E-state index in [1.807, 2.05) is 36.8 Å². The van der Waals surface area contributed by atoms with E-state index in [-0.39, 0.29) is 11.9 Å². The quantitative estimate of drug-likeness (QED) is 0.774. The fourth-order valence-corrected chi connectivity index (χ4v) is 5.46. The first kappa shape index (κ1) is 16.0. The molecule has 3 aromatic heterocycles. The van der Waals surface area contributed by atoms with Gasteiger partial charge in [0.1, 0.15) is 10.7 Å². The maximum absolute atomic E-state index is 12.8. The van der Waals surface area contributed by atoms with Crippen molar-refractivity contribution in [3.8, 4) is 5.00 Å². The highest BCUT2D eigenvalue weighted by atomic mass is 32.1. The fourth-order valence-electron chi connectivity index (χ4n) is 4.42. The molecule has 3 aromatic rings. The maximum Gasteiger partial charge on any atom is 0.270 e. The third-order valence-corrected chi connectivity index (χ3v) is 7.07. The van der Waals surface area contributed by atoms with Gasteiger partial charge in [0.25, 0.3) is 5.91 Å². The lowest BCUT2D eigenvalue weighted by atomic mass is 9.79. The number of pyridine rings is 1. The van der Waals surface area contributed by atoms with Crippen LogP contribution in [0.15, 0.2) is 42.9 Å². The first-order valence-electron chi connectivity index (χ1n) is 9.27. The van der Waals surface area contributed by atoms with Crippen LogP contribution in [0.3, 0.4) is 0 Å². The molecule has 3 fully saturated rings. The molecule has 6 heteroatoms. The summed E-state index contributed by atoms with van der Waals surface area (Å²) in [6, 6.07) is 8.71. The molecule has 2 bridgehead atoms. The van der Waals surface area contributed by atoms with Gasteiger partial charge in [-0.05, 0) is 63.0 Å². The van der Waals surface area contributed by atoms with Crippen LogP contribution in [0.2, 0.25) is 0 Å². The number of carbonyl (C=O) groups is 1. The van der Waals surface area contributed by atoms with Gasteiger partial charge in [0, 0.05) is 40.8 Å². The lowest BCUT2D eigenvalue weighted by Gasteiger charge is -2.49. The Morgan fingerprint density at radius 2 is 2.00 bits per heavy atom. The van der Waals surface area contributed by atoms with Crippen molar-refractivity contribution in [2.24, 2.45) is 5.92 Å². The van der Waals surface area contributed by atoms with Crippen molar-refractivity contribution in [2.75, 3.05) is 13.1 Å². The Labute approximate surface area is 156 Å². The average Bonchev–Trinajstić information content (AvgIpc) is 3.33. The summed E-state index contributed by atoms with van der Waals surface area (Å²) in [6.45, 7) is 4.56. The summed E-state index contributed by atoms with van der Waals surface area (Å²) in [7, 11) is 0. The summed E-state index contributed by atoms with van der Waals surface area (Å²) >= 11 is 1.68. The Hall–Kier alpha value is -2.18. The molecule has 134 valence electrons. The van der Waals surface area contributed by atoms with Crippen molar-refractivity contribution in [1.29, 1.82) is 0 Å². The zero-order valence-corrected chi connectivity index (χ0v) is 15.6. The summed E-state index contributed by atoms with van der Waals surface area (Å²) in [4.78, 5) is 19.7. The van der Waals surface area contributed by atoms with E-state index in [1.54, 1.807) is 11.3 Å². The normalized spacial score (nSPS) is 27.7. The van der Waals surface area contributed by atoms with Gasteiger partial charge in [-0.1, -0.05) is 0 Å². The SMILES string of the molecule is C[C@H]1[C@H](NC(=O)c2cc3sc(-n4cccc4)cc3cn2)C2CCN1CC2. The second-order valence-corrected chi connectivity index (χ2v) is 8.46. The Bertz CT molecular complexity index is 938. The number of nitrogens with one attached hydrogen (secondary N) is 1. The van der Waals surface area contributed by atoms with Crippen molar-refractivity contribution >= 4 is 27.3 Å². The van der Waals surface area contributed by atoms with Gasteiger partial charge in [-0.3, -0.25) is 14.7 Å². The van der Waals surface area contributed by atoms with E-state index >= 15 is 0 Å². The van der Waals surface area contributed by atoms with Crippen LogP contribution in [0.5, 0.6) is 0 Å². The van der Waals surface area contributed by atoms with Crippen molar-refractivity contribution in [3.05, 3.63) is 48.5 Å². The smallest absolute Gasteiger partial charge is 0.270 e. The lowest BCUT2D eigenvalue weighted by molar-refractivity contribution is 0.0216. The van der Waals surface area contributed by atoms with Gasteiger partial charge >= 0.3 is 0 Å². The Morgan fingerprint density at radius 1 is 1.23 bits per heavy atom. The zero-order chi connectivity index (χ0) is 17.7. The van der Waals surface area contributed by atoms with Crippen molar-refractivity contribution in [2.45, 2.75) is 31.8 Å². The minimum Gasteiger partial charge on any atom is -0.346 e. The first-order valence-corrected chi connectivity index (χ1v) is 10.1. The molecule has 2 atom stereocenters. The van der Waals surface area contributed by atoms with Crippen molar-refractivity contribution in [3.63, 3.8) is 0 Å². The molecule has 1 amide bonds. The third kappa shape index (κ3) is 2.64. The molecule has 0 aliphatic carbocycles. The van der Waals surface area contributed by atoms with Gasteiger partial charge in [-0.25, -0.2) is 0 Å². The Morgan fingerprint density at radius 3 is 2.73 bits per heavy atom. The number of aromatic nitrogens is 2. The lowest BCUT2D eigenvalue weighted by Crippen LogP contribution is -2.62. The van der Waals surface area contributed by atoms with Gasteiger partial charge in [-0.2, -0.15) is 0 Å². The number of piperidine rings is 3. The van der Waals surface area contributed by atoms with Gasteiger partial charge < -0.3 is 9.88 Å². The number of carbonyl (C=O) groups excluding carboxylic acids is 1. The molecule has 3 aliphatic heterocycles. The summed E-state index contributed by atoms with van der Waals surface area (Å²) in [5, 5.41) is 5.48.